The highest BCUT2D eigenvalue weighted by molar-refractivity contribution is 5.87. The van der Waals surface area contributed by atoms with Crippen molar-refractivity contribution in [2.45, 2.75) is 64.1 Å². The molecule has 0 aromatic heterocycles. The second-order valence-corrected chi connectivity index (χ2v) is 7.09. The Morgan fingerprint density at radius 1 is 1.04 bits per heavy atom. The summed E-state index contributed by atoms with van der Waals surface area (Å²) in [4.78, 5) is 24.2. The van der Waals surface area contributed by atoms with Gasteiger partial charge in [-0.3, -0.25) is 4.79 Å². The van der Waals surface area contributed by atoms with Crippen molar-refractivity contribution in [2.24, 2.45) is 17.8 Å². The first-order valence-corrected chi connectivity index (χ1v) is 8.62. The van der Waals surface area contributed by atoms with Crippen molar-refractivity contribution in [1.29, 1.82) is 0 Å². The lowest BCUT2D eigenvalue weighted by Gasteiger charge is -2.36. The highest BCUT2D eigenvalue weighted by Gasteiger charge is 2.40. The van der Waals surface area contributed by atoms with Crippen molar-refractivity contribution in [2.75, 3.05) is 6.61 Å². The largest absolute Gasteiger partial charge is 0.462 e. The van der Waals surface area contributed by atoms with E-state index in [1.807, 2.05) is 0 Å². The minimum atomic E-state index is -0.648. The van der Waals surface area contributed by atoms with Crippen LogP contribution in [0, 0.1) is 17.8 Å². The Morgan fingerprint density at radius 2 is 1.70 bits per heavy atom. The summed E-state index contributed by atoms with van der Waals surface area (Å²) < 4.78 is 5.19. The number of esters is 1. The van der Waals surface area contributed by atoms with Crippen molar-refractivity contribution < 1.29 is 24.5 Å². The summed E-state index contributed by atoms with van der Waals surface area (Å²) in [5.41, 5.74) is 0.360. The number of ketones is 1. The van der Waals surface area contributed by atoms with Crippen LogP contribution in [0.1, 0.15) is 51.9 Å². The third kappa shape index (κ3) is 4.64. The molecule has 0 radical (unpaired) electrons. The van der Waals surface area contributed by atoms with Gasteiger partial charge < -0.3 is 14.9 Å². The van der Waals surface area contributed by atoms with Crippen LogP contribution in [0.2, 0.25) is 0 Å². The zero-order valence-electron chi connectivity index (χ0n) is 13.9. The molecule has 2 fully saturated rings. The Morgan fingerprint density at radius 3 is 2.35 bits per heavy atom. The van der Waals surface area contributed by atoms with Crippen LogP contribution in [0.4, 0.5) is 0 Å². The molecule has 5 heteroatoms. The van der Waals surface area contributed by atoms with E-state index >= 15 is 0 Å². The number of Topliss-reactive ketones (excluding diaryl/α,β-unsaturated/α-hetero) is 1. The van der Waals surface area contributed by atoms with Crippen LogP contribution in [0.15, 0.2) is 12.2 Å². The van der Waals surface area contributed by atoms with Gasteiger partial charge >= 0.3 is 5.97 Å². The minimum absolute atomic E-state index is 0.0133. The zero-order valence-corrected chi connectivity index (χ0v) is 13.9. The van der Waals surface area contributed by atoms with E-state index < -0.39 is 24.1 Å². The van der Waals surface area contributed by atoms with Gasteiger partial charge in [-0.25, -0.2) is 4.79 Å². The molecule has 2 N–H and O–H groups in total. The number of aliphatic hydroxyl groups is 2. The fourth-order valence-corrected chi connectivity index (χ4v) is 3.73. The summed E-state index contributed by atoms with van der Waals surface area (Å²) >= 11 is 0. The monoisotopic (exact) mass is 324 g/mol. The van der Waals surface area contributed by atoms with Gasteiger partial charge in [-0.1, -0.05) is 19.4 Å². The maximum Gasteiger partial charge on any atom is 0.333 e. The lowest BCUT2D eigenvalue weighted by molar-refractivity contribution is -0.143. The topological polar surface area (TPSA) is 83.8 Å². The summed E-state index contributed by atoms with van der Waals surface area (Å²) in [7, 11) is 0. The number of aliphatic hydroxyl groups excluding tert-OH is 2. The van der Waals surface area contributed by atoms with Gasteiger partial charge in [0.05, 0.1) is 18.8 Å². The van der Waals surface area contributed by atoms with Crippen molar-refractivity contribution in [3.8, 4) is 0 Å². The predicted molar refractivity (Wildman–Crippen MR) is 85.6 cm³/mol. The summed E-state index contributed by atoms with van der Waals surface area (Å²) in [6.07, 6.45) is 3.85. The Balaban J connectivity index is 1.93. The molecule has 0 saturated heterocycles. The summed E-state index contributed by atoms with van der Waals surface area (Å²) in [6, 6.07) is 0. The number of hydrogen-bond donors (Lipinski definition) is 2. The summed E-state index contributed by atoms with van der Waals surface area (Å²) in [5.74, 6) is -1.14. The van der Waals surface area contributed by atoms with E-state index in [4.69, 9.17) is 4.74 Å². The Hall–Kier alpha value is -1.20. The van der Waals surface area contributed by atoms with Gasteiger partial charge in [-0.15, -0.1) is 0 Å². The summed E-state index contributed by atoms with van der Waals surface area (Å²) in [5, 5.41) is 20.3. The molecule has 0 amide bonds. The average Bonchev–Trinajstić information content (AvgIpc) is 2.53. The van der Waals surface area contributed by atoms with E-state index in [1.165, 1.54) is 0 Å². The van der Waals surface area contributed by atoms with E-state index in [1.54, 1.807) is 6.92 Å². The Kier molecular flexibility index (Phi) is 6.36. The molecule has 0 aromatic rings. The number of carbonyl (C=O) groups excluding carboxylic acids is 2. The van der Waals surface area contributed by atoms with Crippen LogP contribution in [0.25, 0.3) is 0 Å². The molecule has 2 saturated carbocycles. The number of carbonyl (C=O) groups is 2. The quantitative estimate of drug-likeness (QED) is 0.597. The minimum Gasteiger partial charge on any atom is -0.462 e. The predicted octanol–water partition coefficient (Wildman–Crippen LogP) is 2.00. The van der Waals surface area contributed by atoms with Gasteiger partial charge in [0.25, 0.3) is 0 Å². The zero-order chi connectivity index (χ0) is 17.0. The second kappa shape index (κ2) is 8.06. The first-order valence-electron chi connectivity index (χ1n) is 8.62. The lowest BCUT2D eigenvalue weighted by atomic mass is 9.71. The molecule has 130 valence electrons. The molecule has 5 nitrogen and oxygen atoms in total. The molecule has 0 spiro atoms. The first-order chi connectivity index (χ1) is 10.9. The van der Waals surface area contributed by atoms with Crippen LogP contribution in [0.5, 0.6) is 0 Å². The highest BCUT2D eigenvalue weighted by atomic mass is 16.5. The maximum absolute atomic E-state index is 12.7. The third-order valence-electron chi connectivity index (χ3n) is 5.18. The van der Waals surface area contributed by atoms with Crippen molar-refractivity contribution in [1.82, 2.24) is 0 Å². The van der Waals surface area contributed by atoms with Crippen molar-refractivity contribution in [3.63, 3.8) is 0 Å². The van der Waals surface area contributed by atoms with Gasteiger partial charge in [0.1, 0.15) is 5.78 Å². The molecule has 0 heterocycles. The SMILES string of the molecule is C=C(C)C(=O)OCC1CCC(O)C(C(=O)C2CCCCC2O)C1. The van der Waals surface area contributed by atoms with E-state index in [2.05, 4.69) is 6.58 Å². The average molecular weight is 324 g/mol. The molecule has 0 bridgehead atoms. The number of ether oxygens (including phenoxy) is 1. The molecular weight excluding hydrogens is 296 g/mol. The molecule has 2 aliphatic carbocycles. The van der Waals surface area contributed by atoms with Gasteiger partial charge in [0.2, 0.25) is 0 Å². The number of rotatable bonds is 5. The smallest absolute Gasteiger partial charge is 0.333 e. The molecule has 2 aliphatic rings. The third-order valence-corrected chi connectivity index (χ3v) is 5.18. The molecule has 5 unspecified atom stereocenters. The van der Waals surface area contributed by atoms with Crippen LogP contribution in [-0.4, -0.2) is 40.8 Å². The van der Waals surface area contributed by atoms with Crippen molar-refractivity contribution >= 4 is 11.8 Å². The normalized spacial score (nSPS) is 34.7. The highest BCUT2D eigenvalue weighted by Crippen LogP contribution is 2.35. The van der Waals surface area contributed by atoms with E-state index in [-0.39, 0.29) is 24.2 Å². The molecule has 0 aromatic carbocycles. The van der Waals surface area contributed by atoms with Gasteiger partial charge in [-0.05, 0) is 44.9 Å². The van der Waals surface area contributed by atoms with Crippen LogP contribution in [-0.2, 0) is 14.3 Å². The standard InChI is InChI=1S/C18H28O5/c1-11(2)18(22)23-10-12-7-8-16(20)14(9-12)17(21)13-5-3-4-6-15(13)19/h12-16,19-20H,1,3-10H2,2H3. The molecule has 23 heavy (non-hydrogen) atoms. The second-order valence-electron chi connectivity index (χ2n) is 7.09. The number of hydrogen-bond acceptors (Lipinski definition) is 5. The summed E-state index contributed by atoms with van der Waals surface area (Å²) in [6.45, 7) is 5.41. The molecule has 0 aliphatic heterocycles. The molecule has 5 atom stereocenters. The van der Waals surface area contributed by atoms with Gasteiger partial charge in [0, 0.05) is 17.4 Å². The van der Waals surface area contributed by atoms with Crippen LogP contribution >= 0.6 is 0 Å². The van der Waals surface area contributed by atoms with Gasteiger partial charge in [-0.2, -0.15) is 0 Å². The fraction of sp³-hybridized carbons (Fsp3) is 0.778. The maximum atomic E-state index is 12.7. The van der Waals surface area contributed by atoms with E-state index in [0.717, 1.165) is 19.3 Å². The fourth-order valence-electron chi connectivity index (χ4n) is 3.73. The molecule has 2 rings (SSSR count). The van der Waals surface area contributed by atoms with Crippen molar-refractivity contribution in [3.05, 3.63) is 12.2 Å². The van der Waals surface area contributed by atoms with Crippen LogP contribution < -0.4 is 0 Å². The molecular formula is C18H28O5. The Labute approximate surface area is 137 Å². The van der Waals surface area contributed by atoms with Gasteiger partial charge in [0.15, 0.2) is 0 Å². The van der Waals surface area contributed by atoms with Crippen LogP contribution in [0.3, 0.4) is 0 Å². The first kappa shape index (κ1) is 18.1. The lowest BCUT2D eigenvalue weighted by Crippen LogP contribution is -2.43. The van der Waals surface area contributed by atoms with E-state index in [9.17, 15) is 19.8 Å². The Bertz CT molecular complexity index is 458. The van der Waals surface area contributed by atoms with E-state index in [0.29, 0.717) is 31.3 Å².